The molecule has 0 saturated heterocycles. The maximum Gasteiger partial charge on any atom is 0.257 e. The molecule has 1 atom stereocenters. The second-order valence-corrected chi connectivity index (χ2v) is 8.34. The van der Waals surface area contributed by atoms with Gasteiger partial charge >= 0.3 is 0 Å². The number of rotatable bonds is 8. The number of likely N-dealkylation sites (N-methyl/N-ethyl adjacent to an activating group) is 1. The van der Waals surface area contributed by atoms with Gasteiger partial charge in [-0.25, -0.2) is 13.8 Å². The van der Waals surface area contributed by atoms with Gasteiger partial charge in [-0.2, -0.15) is 0 Å². The van der Waals surface area contributed by atoms with Gasteiger partial charge in [-0.15, -0.1) is 0 Å². The number of benzene rings is 2. The number of hydrogen-bond donors (Lipinski definition) is 4. The molecular weight excluding hydrogens is 456 g/mol. The standard InChI is InChI=1S/C25H27F2N5O3/c1-14-8-19(31-25(35)22(33)15-9-17(26)12-18(27)10-15)4-5-20(14)16-11-21(23(28)30-13-16)24(34)29-6-7-32(2)3/h4-5,8-13,22,33H,6-7H2,1-3H3,(H2,28,30)(H,29,34)(H,31,35)/t22-/m0/s1. The number of amides is 2. The molecule has 0 aliphatic carbocycles. The number of aromatic nitrogens is 1. The van der Waals surface area contributed by atoms with Gasteiger partial charge < -0.3 is 26.4 Å². The van der Waals surface area contributed by atoms with Gasteiger partial charge in [-0.05, 0) is 68.0 Å². The lowest BCUT2D eigenvalue weighted by molar-refractivity contribution is -0.124. The van der Waals surface area contributed by atoms with Crippen molar-refractivity contribution in [3.8, 4) is 11.1 Å². The summed E-state index contributed by atoms with van der Waals surface area (Å²) in [6.07, 6.45) is -0.204. The summed E-state index contributed by atoms with van der Waals surface area (Å²) in [5.41, 5.74) is 8.50. The molecule has 2 amide bonds. The Morgan fingerprint density at radius 2 is 1.80 bits per heavy atom. The minimum Gasteiger partial charge on any atom is -0.383 e. The lowest BCUT2D eigenvalue weighted by Crippen LogP contribution is -2.31. The summed E-state index contributed by atoms with van der Waals surface area (Å²) in [4.78, 5) is 31.0. The summed E-state index contributed by atoms with van der Waals surface area (Å²) in [5, 5.41) is 15.5. The van der Waals surface area contributed by atoms with Crippen molar-refractivity contribution in [3.63, 3.8) is 0 Å². The van der Waals surface area contributed by atoms with E-state index in [1.807, 2.05) is 19.0 Å². The number of halogens is 2. The first-order valence-electron chi connectivity index (χ1n) is 10.8. The summed E-state index contributed by atoms with van der Waals surface area (Å²) in [6, 6.07) is 9.08. The van der Waals surface area contributed by atoms with E-state index >= 15 is 0 Å². The van der Waals surface area contributed by atoms with Gasteiger partial charge in [0.05, 0.1) is 5.56 Å². The van der Waals surface area contributed by atoms with E-state index in [0.717, 1.165) is 23.3 Å². The monoisotopic (exact) mass is 483 g/mol. The third-order valence-corrected chi connectivity index (χ3v) is 5.26. The molecule has 0 aliphatic heterocycles. The normalized spacial score (nSPS) is 11.9. The van der Waals surface area contributed by atoms with Gasteiger partial charge in [-0.1, -0.05) is 6.07 Å². The van der Waals surface area contributed by atoms with Gasteiger partial charge in [0.25, 0.3) is 11.8 Å². The van der Waals surface area contributed by atoms with Crippen LogP contribution in [0.15, 0.2) is 48.7 Å². The molecule has 184 valence electrons. The molecule has 5 N–H and O–H groups in total. The van der Waals surface area contributed by atoms with Crippen LogP contribution in [0.4, 0.5) is 20.3 Å². The summed E-state index contributed by atoms with van der Waals surface area (Å²) < 4.78 is 26.8. The zero-order chi connectivity index (χ0) is 25.7. The van der Waals surface area contributed by atoms with Gasteiger partial charge in [-0.3, -0.25) is 9.59 Å². The number of aliphatic hydroxyl groups excluding tert-OH is 1. The molecule has 0 aliphatic rings. The maximum absolute atomic E-state index is 13.4. The third kappa shape index (κ3) is 6.58. The van der Waals surface area contributed by atoms with Crippen LogP contribution in [0, 0.1) is 18.6 Å². The smallest absolute Gasteiger partial charge is 0.257 e. The Kier molecular flexibility index (Phi) is 8.10. The minimum absolute atomic E-state index is 0.111. The van der Waals surface area contributed by atoms with Crippen LogP contribution >= 0.6 is 0 Å². The average Bonchev–Trinajstić information content (AvgIpc) is 2.78. The Labute approximate surface area is 201 Å². The minimum atomic E-state index is -1.75. The average molecular weight is 484 g/mol. The Hall–Kier alpha value is -3.89. The number of anilines is 2. The number of carbonyl (C=O) groups is 2. The maximum atomic E-state index is 13.4. The Morgan fingerprint density at radius 1 is 1.11 bits per heavy atom. The molecular formula is C25H27F2N5O3. The van der Waals surface area contributed by atoms with Gasteiger partial charge in [0, 0.05) is 36.6 Å². The van der Waals surface area contributed by atoms with Crippen molar-refractivity contribution in [1.29, 1.82) is 0 Å². The molecule has 0 spiro atoms. The quantitative estimate of drug-likeness (QED) is 0.391. The van der Waals surface area contributed by atoms with Crippen molar-refractivity contribution in [1.82, 2.24) is 15.2 Å². The van der Waals surface area contributed by atoms with E-state index < -0.39 is 23.6 Å². The summed E-state index contributed by atoms with van der Waals surface area (Å²) >= 11 is 0. The van der Waals surface area contributed by atoms with Crippen LogP contribution in [0.1, 0.15) is 27.6 Å². The lowest BCUT2D eigenvalue weighted by Gasteiger charge is -2.15. The van der Waals surface area contributed by atoms with Crippen molar-refractivity contribution in [2.75, 3.05) is 38.2 Å². The molecule has 1 aromatic heterocycles. The van der Waals surface area contributed by atoms with Crippen LogP contribution < -0.4 is 16.4 Å². The first-order valence-corrected chi connectivity index (χ1v) is 10.8. The summed E-state index contributed by atoms with van der Waals surface area (Å²) in [5.74, 6) is -2.85. The molecule has 35 heavy (non-hydrogen) atoms. The molecule has 3 rings (SSSR count). The molecule has 0 saturated carbocycles. The molecule has 0 radical (unpaired) electrons. The second kappa shape index (κ2) is 11.0. The molecule has 10 heteroatoms. The second-order valence-electron chi connectivity index (χ2n) is 8.34. The van der Waals surface area contributed by atoms with E-state index in [0.29, 0.717) is 30.4 Å². The van der Waals surface area contributed by atoms with Gasteiger partial charge in [0.2, 0.25) is 0 Å². The van der Waals surface area contributed by atoms with Crippen molar-refractivity contribution in [2.45, 2.75) is 13.0 Å². The van der Waals surface area contributed by atoms with Crippen LogP contribution in [-0.4, -0.2) is 54.0 Å². The van der Waals surface area contributed by atoms with Gasteiger partial charge in [0.1, 0.15) is 17.5 Å². The number of aliphatic hydroxyl groups is 1. The largest absolute Gasteiger partial charge is 0.383 e. The number of carbonyl (C=O) groups excluding carboxylic acids is 2. The molecule has 0 fully saturated rings. The molecule has 8 nitrogen and oxygen atoms in total. The molecule has 0 unspecified atom stereocenters. The van der Waals surface area contributed by atoms with Crippen molar-refractivity contribution in [3.05, 3.63) is 77.0 Å². The Bertz CT molecular complexity index is 1230. The van der Waals surface area contributed by atoms with Gasteiger partial charge in [0.15, 0.2) is 6.10 Å². The van der Waals surface area contributed by atoms with E-state index in [9.17, 15) is 23.5 Å². The van der Waals surface area contributed by atoms with Crippen LogP contribution in [0.5, 0.6) is 0 Å². The predicted molar refractivity (Wildman–Crippen MR) is 130 cm³/mol. The fourth-order valence-corrected chi connectivity index (χ4v) is 3.45. The molecule has 0 bridgehead atoms. The Balaban J connectivity index is 1.76. The highest BCUT2D eigenvalue weighted by Crippen LogP contribution is 2.28. The number of nitrogens with one attached hydrogen (secondary N) is 2. The van der Waals surface area contributed by atoms with E-state index in [2.05, 4.69) is 15.6 Å². The fourth-order valence-electron chi connectivity index (χ4n) is 3.45. The van der Waals surface area contributed by atoms with E-state index in [-0.39, 0.29) is 22.9 Å². The van der Waals surface area contributed by atoms with Crippen LogP contribution in [0.2, 0.25) is 0 Å². The highest BCUT2D eigenvalue weighted by atomic mass is 19.1. The highest BCUT2D eigenvalue weighted by Gasteiger charge is 2.20. The van der Waals surface area contributed by atoms with Crippen molar-refractivity contribution < 1.29 is 23.5 Å². The first-order chi connectivity index (χ1) is 16.5. The van der Waals surface area contributed by atoms with Crippen LogP contribution in [0.25, 0.3) is 11.1 Å². The first kappa shape index (κ1) is 25.7. The molecule has 1 heterocycles. The third-order valence-electron chi connectivity index (χ3n) is 5.26. The lowest BCUT2D eigenvalue weighted by atomic mass is 9.99. The Morgan fingerprint density at radius 3 is 2.43 bits per heavy atom. The fraction of sp³-hybridized carbons (Fsp3) is 0.240. The molecule has 3 aromatic rings. The van der Waals surface area contributed by atoms with Crippen molar-refractivity contribution in [2.24, 2.45) is 0 Å². The zero-order valence-corrected chi connectivity index (χ0v) is 19.6. The van der Waals surface area contributed by atoms with Crippen molar-refractivity contribution >= 4 is 23.3 Å². The highest BCUT2D eigenvalue weighted by molar-refractivity contribution is 5.99. The number of nitrogens with two attached hydrogens (primary N) is 1. The SMILES string of the molecule is Cc1cc(NC(=O)[C@@H](O)c2cc(F)cc(F)c2)ccc1-c1cnc(N)c(C(=O)NCCN(C)C)c1. The van der Waals surface area contributed by atoms with E-state index in [1.165, 1.54) is 0 Å². The zero-order valence-electron chi connectivity index (χ0n) is 19.6. The molecule has 2 aromatic carbocycles. The number of aryl methyl sites for hydroxylation is 1. The van der Waals surface area contributed by atoms with Crippen LogP contribution in [-0.2, 0) is 4.79 Å². The van der Waals surface area contributed by atoms with Crippen LogP contribution in [0.3, 0.4) is 0 Å². The number of nitrogen functional groups attached to an aromatic ring is 1. The number of pyridine rings is 1. The summed E-state index contributed by atoms with van der Waals surface area (Å²) in [6.45, 7) is 2.93. The number of nitrogens with zero attached hydrogens (tertiary/aromatic N) is 2. The number of hydrogen-bond acceptors (Lipinski definition) is 6. The van der Waals surface area contributed by atoms with E-state index in [4.69, 9.17) is 5.73 Å². The predicted octanol–water partition coefficient (Wildman–Crippen LogP) is 2.88. The van der Waals surface area contributed by atoms with E-state index in [1.54, 1.807) is 37.4 Å². The topological polar surface area (TPSA) is 121 Å². The summed E-state index contributed by atoms with van der Waals surface area (Å²) in [7, 11) is 3.80.